The Hall–Kier alpha value is -0.650. The first kappa shape index (κ1) is 16.7. The van der Waals surface area contributed by atoms with Gasteiger partial charge in [0.25, 0.3) is 0 Å². The second kappa shape index (κ2) is 7.07. The monoisotopic (exact) mass is 350 g/mol. The Kier molecular flexibility index (Phi) is 5.63. The lowest BCUT2D eigenvalue weighted by atomic mass is 10.2. The summed E-state index contributed by atoms with van der Waals surface area (Å²) >= 11 is 11.6. The summed E-state index contributed by atoms with van der Waals surface area (Å²) in [6.45, 7) is 2.01. The van der Waals surface area contributed by atoms with Crippen LogP contribution in [0.2, 0.25) is 5.02 Å². The molecule has 0 N–H and O–H groups in total. The molecule has 2 aromatic rings. The van der Waals surface area contributed by atoms with Gasteiger partial charge in [0.2, 0.25) is 0 Å². The molecule has 0 bridgehead atoms. The number of nitrogens with zero attached hydrogens (tertiary/aromatic N) is 2. The van der Waals surface area contributed by atoms with Crippen molar-refractivity contribution < 1.29 is 8.60 Å². The molecule has 0 saturated carbocycles. The molecule has 1 aromatic carbocycles. The molecule has 21 heavy (non-hydrogen) atoms. The third-order valence-electron chi connectivity index (χ3n) is 3.39. The van der Waals surface area contributed by atoms with Crippen molar-refractivity contribution in [1.29, 1.82) is 0 Å². The van der Waals surface area contributed by atoms with Crippen LogP contribution in [0.4, 0.5) is 4.39 Å². The molecule has 2 unspecified atom stereocenters. The van der Waals surface area contributed by atoms with E-state index in [4.69, 9.17) is 23.2 Å². The Morgan fingerprint density at radius 3 is 2.81 bits per heavy atom. The molecular weight excluding hydrogens is 334 g/mol. The maximum atomic E-state index is 13.8. The first-order valence-electron chi connectivity index (χ1n) is 6.66. The fraction of sp³-hybridized carbons (Fsp3) is 0.500. The lowest BCUT2D eigenvalue weighted by molar-refractivity contribution is 0.524. The van der Waals surface area contributed by atoms with E-state index in [9.17, 15) is 8.60 Å². The fourth-order valence-electron chi connectivity index (χ4n) is 2.36. The van der Waals surface area contributed by atoms with E-state index < -0.39 is 16.6 Å². The Balaban J connectivity index is 2.49. The van der Waals surface area contributed by atoms with Crippen molar-refractivity contribution in [3.8, 4) is 0 Å². The highest BCUT2D eigenvalue weighted by Gasteiger charge is 2.17. The van der Waals surface area contributed by atoms with Gasteiger partial charge < -0.3 is 4.57 Å². The number of halogens is 3. The van der Waals surface area contributed by atoms with Gasteiger partial charge in [0.15, 0.2) is 0 Å². The van der Waals surface area contributed by atoms with Crippen LogP contribution in [0.1, 0.15) is 25.2 Å². The summed E-state index contributed by atoms with van der Waals surface area (Å²) in [6, 6.07) is 3.00. The molecule has 116 valence electrons. The molecule has 7 heteroatoms. The van der Waals surface area contributed by atoms with Crippen LogP contribution < -0.4 is 0 Å². The van der Waals surface area contributed by atoms with E-state index in [1.807, 2.05) is 11.5 Å². The van der Waals surface area contributed by atoms with Gasteiger partial charge in [-0.1, -0.05) is 11.6 Å². The summed E-state index contributed by atoms with van der Waals surface area (Å²) in [4.78, 5) is 4.50. The van der Waals surface area contributed by atoms with Gasteiger partial charge in [0.1, 0.15) is 11.6 Å². The molecule has 0 fully saturated rings. The molecule has 1 heterocycles. The Labute approximate surface area is 135 Å². The second-order valence-corrected chi connectivity index (χ2v) is 7.35. The minimum atomic E-state index is -0.855. The van der Waals surface area contributed by atoms with Gasteiger partial charge in [0.05, 0.1) is 16.1 Å². The largest absolute Gasteiger partial charge is 0.325 e. The van der Waals surface area contributed by atoms with Crippen molar-refractivity contribution in [2.24, 2.45) is 0 Å². The molecule has 0 aliphatic rings. The van der Waals surface area contributed by atoms with Crippen LogP contribution in [0.15, 0.2) is 12.1 Å². The molecule has 0 aliphatic carbocycles. The van der Waals surface area contributed by atoms with Crippen molar-refractivity contribution in [2.75, 3.05) is 17.9 Å². The predicted octanol–water partition coefficient (Wildman–Crippen LogP) is 3.94. The van der Waals surface area contributed by atoms with Crippen LogP contribution in [0.25, 0.3) is 11.0 Å². The number of hydrogen-bond acceptors (Lipinski definition) is 2. The summed E-state index contributed by atoms with van der Waals surface area (Å²) < 4.78 is 27.0. The molecule has 0 aliphatic heterocycles. The van der Waals surface area contributed by atoms with Crippen LogP contribution in [0, 0.1) is 5.82 Å². The summed E-state index contributed by atoms with van der Waals surface area (Å²) in [6.07, 6.45) is 3.00. The molecule has 0 radical (unpaired) electrons. The minimum absolute atomic E-state index is 0.0619. The number of fused-ring (bicyclic) bond motifs is 1. The van der Waals surface area contributed by atoms with Crippen LogP contribution in [-0.4, -0.2) is 31.6 Å². The van der Waals surface area contributed by atoms with E-state index in [0.717, 1.165) is 12.2 Å². The van der Waals surface area contributed by atoms with E-state index in [0.29, 0.717) is 29.1 Å². The molecule has 0 saturated heterocycles. The number of aryl methyl sites for hydroxylation is 1. The molecular formula is C14H17Cl2FN2OS. The van der Waals surface area contributed by atoms with Crippen molar-refractivity contribution in [2.45, 2.75) is 25.8 Å². The van der Waals surface area contributed by atoms with Crippen molar-refractivity contribution in [1.82, 2.24) is 9.55 Å². The number of hydrogen-bond donors (Lipinski definition) is 0. The zero-order valence-electron chi connectivity index (χ0n) is 11.9. The van der Waals surface area contributed by atoms with Crippen LogP contribution >= 0.6 is 23.2 Å². The quantitative estimate of drug-likeness (QED) is 0.739. The second-order valence-electron chi connectivity index (χ2n) is 5.01. The van der Waals surface area contributed by atoms with Gasteiger partial charge in [0, 0.05) is 47.2 Å². The fourth-order valence-corrected chi connectivity index (χ4v) is 3.36. The molecule has 3 nitrogen and oxygen atoms in total. The van der Waals surface area contributed by atoms with Crippen LogP contribution in [-0.2, 0) is 17.2 Å². The van der Waals surface area contributed by atoms with Gasteiger partial charge in [-0.2, -0.15) is 0 Å². The Morgan fingerprint density at radius 2 is 2.19 bits per heavy atom. The van der Waals surface area contributed by atoms with Gasteiger partial charge >= 0.3 is 0 Å². The maximum absolute atomic E-state index is 13.8. The normalized spacial score (nSPS) is 14.5. The summed E-state index contributed by atoms with van der Waals surface area (Å²) in [5.41, 5.74) is 1.36. The van der Waals surface area contributed by atoms with E-state index in [1.54, 1.807) is 6.26 Å². The zero-order chi connectivity index (χ0) is 15.6. The van der Waals surface area contributed by atoms with Gasteiger partial charge in [-0.05, 0) is 19.4 Å². The van der Waals surface area contributed by atoms with Crippen LogP contribution in [0.3, 0.4) is 0 Å². The maximum Gasteiger partial charge on any atom is 0.144 e. The Morgan fingerprint density at radius 1 is 1.48 bits per heavy atom. The first-order valence-corrected chi connectivity index (χ1v) is 9.29. The number of benzene rings is 1. The summed E-state index contributed by atoms with van der Waals surface area (Å²) in [5.74, 6) is 1.37. The highest BCUT2D eigenvalue weighted by atomic mass is 35.5. The first-order chi connectivity index (χ1) is 9.93. The molecule has 0 amide bonds. The minimum Gasteiger partial charge on any atom is -0.325 e. The zero-order valence-corrected chi connectivity index (χ0v) is 14.2. The standard InChI is InChI=1S/C14H17Cl2FN2OS/c1-9(4-6-21(2)20)19-13-8-11(17)10(16)7-12(13)18-14(19)3-5-15/h7-9H,3-6H2,1-2H3. The van der Waals surface area contributed by atoms with Crippen molar-refractivity contribution in [3.05, 3.63) is 28.8 Å². The Bertz CT molecular complexity index is 675. The van der Waals surface area contributed by atoms with Crippen LogP contribution in [0.5, 0.6) is 0 Å². The molecule has 2 rings (SSSR count). The lowest BCUT2D eigenvalue weighted by Crippen LogP contribution is -2.12. The third kappa shape index (κ3) is 3.76. The van der Waals surface area contributed by atoms with Gasteiger partial charge in [-0.25, -0.2) is 9.37 Å². The van der Waals surface area contributed by atoms with E-state index in [1.165, 1.54) is 12.1 Å². The molecule has 1 aromatic heterocycles. The number of imidazole rings is 1. The number of rotatable bonds is 6. The number of aromatic nitrogens is 2. The van der Waals surface area contributed by atoms with E-state index >= 15 is 0 Å². The smallest absolute Gasteiger partial charge is 0.144 e. The van der Waals surface area contributed by atoms with Crippen molar-refractivity contribution in [3.63, 3.8) is 0 Å². The van der Waals surface area contributed by atoms with Gasteiger partial charge in [-0.3, -0.25) is 4.21 Å². The average molecular weight is 351 g/mol. The lowest BCUT2D eigenvalue weighted by Gasteiger charge is -2.17. The number of alkyl halides is 1. The summed E-state index contributed by atoms with van der Waals surface area (Å²) in [5, 5.41) is 0.0619. The highest BCUT2D eigenvalue weighted by molar-refractivity contribution is 7.84. The highest BCUT2D eigenvalue weighted by Crippen LogP contribution is 2.28. The van der Waals surface area contributed by atoms with Gasteiger partial charge in [-0.15, -0.1) is 11.6 Å². The van der Waals surface area contributed by atoms with E-state index in [2.05, 4.69) is 4.98 Å². The molecule has 0 spiro atoms. The average Bonchev–Trinajstić information content (AvgIpc) is 2.74. The summed E-state index contributed by atoms with van der Waals surface area (Å²) in [7, 11) is -0.855. The van der Waals surface area contributed by atoms with Crippen molar-refractivity contribution >= 4 is 45.0 Å². The predicted molar refractivity (Wildman–Crippen MR) is 87.4 cm³/mol. The third-order valence-corrected chi connectivity index (χ3v) is 4.68. The van der Waals surface area contributed by atoms with E-state index in [-0.39, 0.29) is 11.1 Å². The SMILES string of the molecule is CC(CCS(C)=O)n1c(CCCl)nc2cc(Cl)c(F)cc21. The molecule has 2 atom stereocenters. The topological polar surface area (TPSA) is 34.9 Å².